The summed E-state index contributed by atoms with van der Waals surface area (Å²) in [5.41, 5.74) is -0.159. The zero-order valence-electron chi connectivity index (χ0n) is 17.0. The monoisotopic (exact) mass is 484 g/mol. The second-order valence-electron chi connectivity index (χ2n) is 8.39. The van der Waals surface area contributed by atoms with Crippen molar-refractivity contribution < 1.29 is 23.1 Å². The Labute approximate surface area is 191 Å². The Balaban J connectivity index is 2.09. The average Bonchev–Trinajstić information content (AvgIpc) is 2.97. The van der Waals surface area contributed by atoms with E-state index in [0.29, 0.717) is 5.69 Å². The average molecular weight is 485 g/mol. The van der Waals surface area contributed by atoms with Crippen molar-refractivity contribution in [3.05, 3.63) is 58.6 Å². The van der Waals surface area contributed by atoms with E-state index in [2.05, 4.69) is 4.72 Å². The SMILES string of the molecule is CC(C)(C)C1[C@H](C(=O)O)[C@H](NS(=O)(=O)c2ccc(Cl)c(Cl)c2)C(=O)N1c1ccccc1. The second-order valence-corrected chi connectivity index (χ2v) is 10.9. The first-order chi connectivity index (χ1) is 14.3. The Morgan fingerprint density at radius 3 is 2.19 bits per heavy atom. The molecule has 1 aliphatic rings. The molecule has 2 aromatic carbocycles. The van der Waals surface area contributed by atoms with E-state index >= 15 is 0 Å². The van der Waals surface area contributed by atoms with Crippen LogP contribution in [0, 0.1) is 11.3 Å². The van der Waals surface area contributed by atoms with E-state index in [1.165, 1.54) is 17.0 Å². The molecule has 2 N–H and O–H groups in total. The number of sulfonamides is 1. The molecule has 31 heavy (non-hydrogen) atoms. The van der Waals surface area contributed by atoms with Gasteiger partial charge in [0.05, 0.1) is 21.0 Å². The van der Waals surface area contributed by atoms with Crippen LogP contribution in [0.5, 0.6) is 0 Å². The number of anilines is 1. The number of carboxylic acid groups (broad SMARTS) is 1. The summed E-state index contributed by atoms with van der Waals surface area (Å²) in [5.74, 6) is -3.22. The van der Waals surface area contributed by atoms with E-state index in [1.807, 2.05) is 20.8 Å². The highest BCUT2D eigenvalue weighted by Gasteiger charge is 2.57. The molecule has 1 heterocycles. The number of carboxylic acids is 1. The standard InChI is InChI=1S/C21H22Cl2N2O5S/c1-21(2,3)18-16(20(27)28)17(19(26)25(18)12-7-5-4-6-8-12)24-31(29,30)13-9-10-14(22)15(23)11-13/h4-11,16-18,24H,1-3H3,(H,27,28)/t16-,17+,18?/m1/s1. The largest absolute Gasteiger partial charge is 0.481 e. The molecular formula is C21H22Cl2N2O5S. The molecule has 3 rings (SSSR count). The number of benzene rings is 2. The van der Waals surface area contributed by atoms with Crippen LogP contribution in [0.2, 0.25) is 10.0 Å². The van der Waals surface area contributed by atoms with Gasteiger partial charge in [0, 0.05) is 5.69 Å². The van der Waals surface area contributed by atoms with E-state index in [-0.39, 0.29) is 14.9 Å². The van der Waals surface area contributed by atoms with Crippen molar-refractivity contribution >= 4 is 50.8 Å². The van der Waals surface area contributed by atoms with E-state index in [9.17, 15) is 23.1 Å². The van der Waals surface area contributed by atoms with Gasteiger partial charge in [-0.2, -0.15) is 4.72 Å². The third kappa shape index (κ3) is 4.57. The van der Waals surface area contributed by atoms with Gasteiger partial charge in [-0.25, -0.2) is 8.42 Å². The zero-order chi connectivity index (χ0) is 23.1. The number of hydrogen-bond donors (Lipinski definition) is 2. The number of carbonyl (C=O) groups excluding carboxylic acids is 1. The van der Waals surface area contributed by atoms with Crippen molar-refractivity contribution in [3.8, 4) is 0 Å². The van der Waals surface area contributed by atoms with Crippen LogP contribution in [0.3, 0.4) is 0 Å². The summed E-state index contributed by atoms with van der Waals surface area (Å²) in [7, 11) is -4.26. The van der Waals surface area contributed by atoms with Crippen LogP contribution < -0.4 is 9.62 Å². The third-order valence-corrected chi connectivity index (χ3v) is 7.35. The second kappa shape index (κ2) is 8.43. The molecule has 1 fully saturated rings. The first-order valence-electron chi connectivity index (χ1n) is 9.43. The molecule has 3 atom stereocenters. The lowest BCUT2D eigenvalue weighted by Crippen LogP contribution is -2.48. The molecule has 1 saturated heterocycles. The number of halogens is 2. The maximum atomic E-state index is 13.4. The van der Waals surface area contributed by atoms with Gasteiger partial charge >= 0.3 is 5.97 Å². The predicted molar refractivity (Wildman–Crippen MR) is 119 cm³/mol. The topological polar surface area (TPSA) is 104 Å². The summed E-state index contributed by atoms with van der Waals surface area (Å²) in [5, 5.41) is 10.2. The number of carbonyl (C=O) groups is 2. The number of hydrogen-bond acceptors (Lipinski definition) is 4. The van der Waals surface area contributed by atoms with Gasteiger partial charge in [0.1, 0.15) is 12.0 Å². The summed E-state index contributed by atoms with van der Waals surface area (Å²) in [6.07, 6.45) is 0. The molecule has 0 aliphatic carbocycles. The van der Waals surface area contributed by atoms with Crippen molar-refractivity contribution in [1.82, 2.24) is 4.72 Å². The first-order valence-corrected chi connectivity index (χ1v) is 11.7. The Morgan fingerprint density at radius 1 is 1.06 bits per heavy atom. The van der Waals surface area contributed by atoms with Gasteiger partial charge in [-0.1, -0.05) is 62.2 Å². The maximum absolute atomic E-state index is 13.4. The van der Waals surface area contributed by atoms with Gasteiger partial charge in [0.25, 0.3) is 0 Å². The summed E-state index contributed by atoms with van der Waals surface area (Å²) in [4.78, 5) is 26.8. The fraction of sp³-hybridized carbons (Fsp3) is 0.333. The minimum atomic E-state index is -4.26. The van der Waals surface area contributed by atoms with E-state index in [1.54, 1.807) is 30.3 Å². The quantitative estimate of drug-likeness (QED) is 0.671. The number of aliphatic carboxylic acids is 1. The number of amides is 1. The van der Waals surface area contributed by atoms with Gasteiger partial charge in [-0.15, -0.1) is 0 Å². The molecule has 1 unspecified atom stereocenters. The summed E-state index contributed by atoms with van der Waals surface area (Å²) in [6.45, 7) is 5.44. The molecule has 166 valence electrons. The normalized spacial score (nSPS) is 22.0. The molecule has 0 aromatic heterocycles. The van der Waals surface area contributed by atoms with Crippen LogP contribution in [-0.4, -0.2) is 37.5 Å². The minimum Gasteiger partial charge on any atom is -0.481 e. The van der Waals surface area contributed by atoms with Crippen molar-refractivity contribution in [3.63, 3.8) is 0 Å². The van der Waals surface area contributed by atoms with Crippen LogP contribution >= 0.6 is 23.2 Å². The molecule has 0 saturated carbocycles. The number of para-hydroxylation sites is 1. The Kier molecular flexibility index (Phi) is 6.40. The third-order valence-electron chi connectivity index (χ3n) is 5.17. The molecule has 1 amide bonds. The van der Waals surface area contributed by atoms with Gasteiger partial charge in [-0.05, 0) is 35.7 Å². The van der Waals surface area contributed by atoms with Crippen LogP contribution in [0.1, 0.15) is 20.8 Å². The Bertz CT molecular complexity index is 1120. The summed E-state index contributed by atoms with van der Waals surface area (Å²) >= 11 is 11.8. The maximum Gasteiger partial charge on any atom is 0.310 e. The van der Waals surface area contributed by atoms with Gasteiger partial charge in [0.2, 0.25) is 15.9 Å². The highest BCUT2D eigenvalue weighted by Crippen LogP contribution is 2.41. The van der Waals surface area contributed by atoms with Gasteiger partial charge in [0.15, 0.2) is 0 Å². The zero-order valence-corrected chi connectivity index (χ0v) is 19.4. The first kappa shape index (κ1) is 23.5. The van der Waals surface area contributed by atoms with Crippen LogP contribution in [-0.2, 0) is 19.6 Å². The molecule has 0 spiro atoms. The summed E-state index contributed by atoms with van der Waals surface area (Å²) in [6, 6.07) is 10.0. The molecule has 2 aromatic rings. The number of nitrogens with zero attached hydrogens (tertiary/aromatic N) is 1. The van der Waals surface area contributed by atoms with Crippen molar-refractivity contribution in [1.29, 1.82) is 0 Å². The lowest BCUT2D eigenvalue weighted by atomic mass is 9.78. The fourth-order valence-electron chi connectivity index (χ4n) is 3.87. The molecule has 10 heteroatoms. The molecule has 0 bridgehead atoms. The van der Waals surface area contributed by atoms with Gasteiger partial charge < -0.3 is 10.0 Å². The Hall–Kier alpha value is -2.13. The van der Waals surface area contributed by atoms with E-state index < -0.39 is 45.3 Å². The highest BCUT2D eigenvalue weighted by molar-refractivity contribution is 7.89. The van der Waals surface area contributed by atoms with Crippen LogP contribution in [0.15, 0.2) is 53.4 Å². The number of rotatable bonds is 5. The smallest absolute Gasteiger partial charge is 0.310 e. The lowest BCUT2D eigenvalue weighted by molar-refractivity contribution is -0.144. The minimum absolute atomic E-state index is 0.0237. The van der Waals surface area contributed by atoms with Crippen molar-refractivity contribution in [2.75, 3.05) is 4.90 Å². The van der Waals surface area contributed by atoms with Crippen LogP contribution in [0.25, 0.3) is 0 Å². The molecule has 0 radical (unpaired) electrons. The lowest BCUT2D eigenvalue weighted by Gasteiger charge is -2.37. The number of nitrogens with one attached hydrogen (secondary N) is 1. The van der Waals surface area contributed by atoms with Crippen molar-refractivity contribution in [2.24, 2.45) is 11.3 Å². The fourth-order valence-corrected chi connectivity index (χ4v) is 5.47. The Morgan fingerprint density at radius 2 is 1.68 bits per heavy atom. The molecule has 1 aliphatic heterocycles. The highest BCUT2D eigenvalue weighted by atomic mass is 35.5. The summed E-state index contributed by atoms with van der Waals surface area (Å²) < 4.78 is 28.3. The molecular weight excluding hydrogens is 463 g/mol. The van der Waals surface area contributed by atoms with E-state index in [0.717, 1.165) is 6.07 Å². The van der Waals surface area contributed by atoms with Crippen molar-refractivity contribution in [2.45, 2.75) is 37.8 Å². The van der Waals surface area contributed by atoms with Gasteiger partial charge in [-0.3, -0.25) is 9.59 Å². The predicted octanol–water partition coefficient (Wildman–Crippen LogP) is 3.80. The molecule has 7 nitrogen and oxygen atoms in total. The van der Waals surface area contributed by atoms with Crippen LogP contribution in [0.4, 0.5) is 5.69 Å². The van der Waals surface area contributed by atoms with E-state index in [4.69, 9.17) is 23.2 Å².